The van der Waals surface area contributed by atoms with Gasteiger partial charge in [0.15, 0.2) is 5.82 Å². The molecule has 0 aliphatic carbocycles. The number of ether oxygens (including phenoxy) is 1. The maximum atomic E-state index is 5.25. The summed E-state index contributed by atoms with van der Waals surface area (Å²) < 4.78 is 5.25. The summed E-state index contributed by atoms with van der Waals surface area (Å²) in [4.78, 5) is 9.33. The minimum Gasteiger partial charge on any atom is -0.497 e. The van der Waals surface area contributed by atoms with Crippen molar-refractivity contribution in [2.24, 2.45) is 0 Å². The van der Waals surface area contributed by atoms with Crippen LogP contribution in [0.4, 0.5) is 0 Å². The van der Waals surface area contributed by atoms with Crippen LogP contribution in [0.1, 0.15) is 17.0 Å². The van der Waals surface area contributed by atoms with Gasteiger partial charge in [0, 0.05) is 17.8 Å². The Labute approximate surface area is 112 Å². The topological polar surface area (TPSA) is 47.0 Å². The number of aromatic nitrogens is 2. The number of fused-ring (bicyclic) bond motifs is 1. The van der Waals surface area contributed by atoms with E-state index in [0.29, 0.717) is 0 Å². The Balaban J connectivity index is 2.07. The lowest BCUT2D eigenvalue weighted by molar-refractivity contribution is 0.415. The van der Waals surface area contributed by atoms with Crippen molar-refractivity contribution in [3.63, 3.8) is 0 Å². The number of hydrogen-bond acceptors (Lipinski definition) is 4. The fraction of sp³-hybridized carbons (Fsp3) is 0.333. The molecular formula is C15H17N3O. The first-order valence-electron chi connectivity index (χ1n) is 6.49. The van der Waals surface area contributed by atoms with E-state index >= 15 is 0 Å². The molecule has 4 heteroatoms. The van der Waals surface area contributed by atoms with Crippen LogP contribution in [0.5, 0.6) is 5.75 Å². The monoisotopic (exact) mass is 255 g/mol. The van der Waals surface area contributed by atoms with Gasteiger partial charge >= 0.3 is 0 Å². The third-order valence-corrected chi connectivity index (χ3v) is 3.47. The number of methoxy groups -OCH3 is 1. The molecule has 2 aromatic rings. The molecule has 0 fully saturated rings. The first-order chi connectivity index (χ1) is 9.28. The summed E-state index contributed by atoms with van der Waals surface area (Å²) in [5.74, 6) is 1.61. The molecular weight excluding hydrogens is 238 g/mol. The highest BCUT2D eigenvalue weighted by atomic mass is 16.5. The Bertz CT molecular complexity index is 610. The van der Waals surface area contributed by atoms with Crippen molar-refractivity contribution in [3.8, 4) is 17.1 Å². The number of nitrogens with zero attached hydrogens (tertiary/aromatic N) is 2. The molecule has 0 spiro atoms. The van der Waals surface area contributed by atoms with Gasteiger partial charge in [-0.2, -0.15) is 0 Å². The van der Waals surface area contributed by atoms with Crippen LogP contribution in [0.3, 0.4) is 0 Å². The lowest BCUT2D eigenvalue weighted by Gasteiger charge is -2.18. The molecule has 0 unspecified atom stereocenters. The summed E-state index contributed by atoms with van der Waals surface area (Å²) in [5, 5.41) is 3.35. The molecule has 19 heavy (non-hydrogen) atoms. The molecule has 1 aliphatic heterocycles. The van der Waals surface area contributed by atoms with Crippen molar-refractivity contribution in [3.05, 3.63) is 41.2 Å². The van der Waals surface area contributed by atoms with Crippen molar-refractivity contribution in [2.75, 3.05) is 13.7 Å². The van der Waals surface area contributed by atoms with Gasteiger partial charge in [-0.3, -0.25) is 0 Å². The van der Waals surface area contributed by atoms with Gasteiger partial charge in [0.2, 0.25) is 0 Å². The Hall–Kier alpha value is -1.94. The highest BCUT2D eigenvalue weighted by Gasteiger charge is 2.15. The number of benzene rings is 1. The fourth-order valence-corrected chi connectivity index (χ4v) is 2.44. The van der Waals surface area contributed by atoms with Crippen LogP contribution in [0.15, 0.2) is 24.3 Å². The zero-order valence-corrected chi connectivity index (χ0v) is 11.2. The van der Waals surface area contributed by atoms with Crippen molar-refractivity contribution < 1.29 is 4.74 Å². The molecule has 0 amide bonds. The van der Waals surface area contributed by atoms with Crippen LogP contribution >= 0.6 is 0 Å². The zero-order valence-electron chi connectivity index (χ0n) is 11.2. The number of rotatable bonds is 2. The van der Waals surface area contributed by atoms with Gasteiger partial charge in [-0.15, -0.1) is 0 Å². The fourth-order valence-electron chi connectivity index (χ4n) is 2.44. The second-order valence-corrected chi connectivity index (χ2v) is 4.72. The summed E-state index contributed by atoms with van der Waals surface area (Å²) in [6.07, 6.45) is 1.01. The third kappa shape index (κ3) is 2.31. The number of aryl methyl sites for hydroxylation is 1. The largest absolute Gasteiger partial charge is 0.497 e. The van der Waals surface area contributed by atoms with E-state index in [1.807, 2.05) is 24.3 Å². The Morgan fingerprint density at radius 1 is 1.26 bits per heavy atom. The predicted octanol–water partition coefficient (Wildman–Crippen LogP) is 2.11. The molecule has 1 N–H and O–H groups in total. The summed E-state index contributed by atoms with van der Waals surface area (Å²) in [6, 6.07) is 7.87. The third-order valence-electron chi connectivity index (χ3n) is 3.47. The molecule has 4 nitrogen and oxygen atoms in total. The minimum atomic E-state index is 0.777. The van der Waals surface area contributed by atoms with Crippen LogP contribution < -0.4 is 10.1 Å². The molecule has 0 saturated heterocycles. The molecule has 0 bridgehead atoms. The second-order valence-electron chi connectivity index (χ2n) is 4.72. The van der Waals surface area contributed by atoms with E-state index < -0.39 is 0 Å². The molecule has 1 aliphatic rings. The van der Waals surface area contributed by atoms with E-state index in [-0.39, 0.29) is 0 Å². The maximum Gasteiger partial charge on any atom is 0.159 e. The smallest absolute Gasteiger partial charge is 0.159 e. The average Bonchev–Trinajstić information content (AvgIpc) is 2.47. The average molecular weight is 255 g/mol. The predicted molar refractivity (Wildman–Crippen MR) is 74.2 cm³/mol. The van der Waals surface area contributed by atoms with Crippen LogP contribution in [0, 0.1) is 6.92 Å². The van der Waals surface area contributed by atoms with E-state index in [4.69, 9.17) is 9.72 Å². The Kier molecular flexibility index (Phi) is 3.17. The van der Waals surface area contributed by atoms with Crippen molar-refractivity contribution in [1.82, 2.24) is 15.3 Å². The first-order valence-corrected chi connectivity index (χ1v) is 6.49. The van der Waals surface area contributed by atoms with Gasteiger partial charge in [0.1, 0.15) is 5.75 Å². The molecule has 3 rings (SSSR count). The standard InChI is InChI=1S/C15H17N3O/c1-10-13-6-7-16-9-14(13)18-15(17-10)11-4-3-5-12(8-11)19-2/h3-5,8,16H,6-7,9H2,1-2H3. The summed E-state index contributed by atoms with van der Waals surface area (Å²) in [5.41, 5.74) is 4.50. The summed E-state index contributed by atoms with van der Waals surface area (Å²) in [6.45, 7) is 3.90. The molecule has 0 radical (unpaired) electrons. The molecule has 0 atom stereocenters. The lowest BCUT2D eigenvalue weighted by Crippen LogP contribution is -2.26. The van der Waals surface area contributed by atoms with Crippen LogP contribution in [0.2, 0.25) is 0 Å². The van der Waals surface area contributed by atoms with Gasteiger partial charge in [-0.1, -0.05) is 12.1 Å². The first kappa shape index (κ1) is 12.1. The molecule has 2 heterocycles. The SMILES string of the molecule is COc1cccc(-c2nc(C)c3c(n2)CNCC3)c1. The number of nitrogens with one attached hydrogen (secondary N) is 1. The van der Waals surface area contributed by atoms with Gasteiger partial charge in [-0.05, 0) is 37.6 Å². The van der Waals surface area contributed by atoms with Crippen molar-refractivity contribution in [1.29, 1.82) is 0 Å². The highest BCUT2D eigenvalue weighted by Crippen LogP contribution is 2.24. The molecule has 1 aromatic heterocycles. The summed E-state index contributed by atoms with van der Waals surface area (Å²) >= 11 is 0. The van der Waals surface area contributed by atoms with Crippen LogP contribution in [-0.2, 0) is 13.0 Å². The zero-order chi connectivity index (χ0) is 13.2. The Morgan fingerprint density at radius 2 is 2.16 bits per heavy atom. The quantitative estimate of drug-likeness (QED) is 0.892. The van der Waals surface area contributed by atoms with E-state index in [0.717, 1.165) is 48.0 Å². The van der Waals surface area contributed by atoms with E-state index in [1.54, 1.807) is 7.11 Å². The normalized spacial score (nSPS) is 14.0. The maximum absolute atomic E-state index is 5.25. The van der Waals surface area contributed by atoms with E-state index in [9.17, 15) is 0 Å². The highest BCUT2D eigenvalue weighted by molar-refractivity contribution is 5.58. The van der Waals surface area contributed by atoms with E-state index in [2.05, 4.69) is 17.2 Å². The van der Waals surface area contributed by atoms with Gasteiger partial charge in [0.25, 0.3) is 0 Å². The van der Waals surface area contributed by atoms with Crippen molar-refractivity contribution in [2.45, 2.75) is 19.9 Å². The second kappa shape index (κ2) is 4.97. The van der Waals surface area contributed by atoms with Gasteiger partial charge < -0.3 is 10.1 Å². The van der Waals surface area contributed by atoms with Crippen LogP contribution in [-0.4, -0.2) is 23.6 Å². The molecule has 1 aromatic carbocycles. The lowest BCUT2D eigenvalue weighted by atomic mass is 10.0. The van der Waals surface area contributed by atoms with Crippen LogP contribution in [0.25, 0.3) is 11.4 Å². The van der Waals surface area contributed by atoms with E-state index in [1.165, 1.54) is 5.56 Å². The Morgan fingerprint density at radius 3 is 3.00 bits per heavy atom. The summed E-state index contributed by atoms with van der Waals surface area (Å²) in [7, 11) is 1.67. The minimum absolute atomic E-state index is 0.777. The van der Waals surface area contributed by atoms with Crippen molar-refractivity contribution >= 4 is 0 Å². The van der Waals surface area contributed by atoms with Gasteiger partial charge in [0.05, 0.1) is 12.8 Å². The van der Waals surface area contributed by atoms with Gasteiger partial charge in [-0.25, -0.2) is 9.97 Å². The molecule has 98 valence electrons. The number of hydrogen-bond donors (Lipinski definition) is 1. The molecule has 0 saturated carbocycles.